The van der Waals surface area contributed by atoms with Gasteiger partial charge in [-0.05, 0) is 12.3 Å². The molecule has 1 aliphatic carbocycles. The highest BCUT2D eigenvalue weighted by Gasteiger charge is 2.14. The van der Waals surface area contributed by atoms with Crippen molar-refractivity contribution in [2.45, 2.75) is 38.5 Å². The van der Waals surface area contributed by atoms with Crippen molar-refractivity contribution in [1.82, 2.24) is 9.55 Å². The molecule has 88 valence electrons. The van der Waals surface area contributed by atoms with Gasteiger partial charge in [-0.15, -0.1) is 0 Å². The Hall–Kier alpha value is -1.32. The number of hydrogen-bond acceptors (Lipinski definition) is 3. The third-order valence-electron chi connectivity index (χ3n) is 3.19. The van der Waals surface area contributed by atoms with Crippen LogP contribution in [0.25, 0.3) is 0 Å². The van der Waals surface area contributed by atoms with Gasteiger partial charge in [-0.1, -0.05) is 32.1 Å². The fraction of sp³-hybridized carbons (Fsp3) is 0.667. The number of imidazole rings is 1. The molecule has 1 aromatic heterocycles. The van der Waals surface area contributed by atoms with Crippen LogP contribution in [0.3, 0.4) is 0 Å². The lowest BCUT2D eigenvalue weighted by molar-refractivity contribution is 0.136. The van der Waals surface area contributed by atoms with Crippen LogP contribution in [-0.4, -0.2) is 22.3 Å². The smallest absolute Gasteiger partial charge is 0.419 e. The minimum absolute atomic E-state index is 0.326. The van der Waals surface area contributed by atoms with Crippen LogP contribution in [0, 0.1) is 5.92 Å². The molecule has 4 heteroatoms. The zero-order valence-corrected chi connectivity index (χ0v) is 9.47. The van der Waals surface area contributed by atoms with E-state index < -0.39 is 0 Å². The molecule has 0 aromatic carbocycles. The van der Waals surface area contributed by atoms with Crippen LogP contribution < -0.4 is 0 Å². The Kier molecular flexibility index (Phi) is 3.97. The lowest BCUT2D eigenvalue weighted by Crippen LogP contribution is -2.15. The van der Waals surface area contributed by atoms with Gasteiger partial charge in [0.1, 0.15) is 6.33 Å². The van der Waals surface area contributed by atoms with Crippen LogP contribution in [-0.2, 0) is 4.74 Å². The van der Waals surface area contributed by atoms with Crippen molar-refractivity contribution in [2.24, 2.45) is 5.92 Å². The van der Waals surface area contributed by atoms with E-state index in [0.29, 0.717) is 6.61 Å². The molecule has 1 saturated carbocycles. The van der Waals surface area contributed by atoms with Gasteiger partial charge in [0.25, 0.3) is 0 Å². The Bertz CT molecular complexity index is 316. The molecule has 0 spiro atoms. The molecule has 4 nitrogen and oxygen atoms in total. The van der Waals surface area contributed by atoms with E-state index >= 15 is 0 Å². The monoisotopic (exact) mass is 222 g/mol. The van der Waals surface area contributed by atoms with Crippen LogP contribution in [0.2, 0.25) is 0 Å². The van der Waals surface area contributed by atoms with Gasteiger partial charge < -0.3 is 4.74 Å². The summed E-state index contributed by atoms with van der Waals surface area (Å²) in [5.74, 6) is 0.754. The number of nitrogens with zero attached hydrogens (tertiary/aromatic N) is 2. The predicted octanol–water partition coefficient (Wildman–Crippen LogP) is 2.84. The molecule has 0 N–H and O–H groups in total. The van der Waals surface area contributed by atoms with E-state index in [2.05, 4.69) is 4.98 Å². The molecule has 1 aliphatic rings. The largest absolute Gasteiger partial charge is 0.449 e. The quantitative estimate of drug-likeness (QED) is 0.789. The van der Waals surface area contributed by atoms with Gasteiger partial charge in [0.15, 0.2) is 0 Å². The number of hydrogen-bond donors (Lipinski definition) is 0. The number of carbonyl (C=O) groups excluding carboxylic acids is 1. The molecule has 1 fully saturated rings. The molecule has 0 saturated heterocycles. The summed E-state index contributed by atoms with van der Waals surface area (Å²) in [7, 11) is 0. The second kappa shape index (κ2) is 5.68. The maximum absolute atomic E-state index is 11.4. The third kappa shape index (κ3) is 3.08. The predicted molar refractivity (Wildman–Crippen MR) is 60.2 cm³/mol. The van der Waals surface area contributed by atoms with Gasteiger partial charge in [-0.3, -0.25) is 0 Å². The highest BCUT2D eigenvalue weighted by Crippen LogP contribution is 2.26. The molecule has 2 rings (SSSR count). The fourth-order valence-electron chi connectivity index (χ4n) is 2.23. The second-order valence-electron chi connectivity index (χ2n) is 4.38. The number of carbonyl (C=O) groups is 1. The Labute approximate surface area is 95.6 Å². The molecule has 16 heavy (non-hydrogen) atoms. The fourth-order valence-corrected chi connectivity index (χ4v) is 2.23. The lowest BCUT2D eigenvalue weighted by atomic mass is 9.87. The van der Waals surface area contributed by atoms with Gasteiger partial charge >= 0.3 is 6.09 Å². The highest BCUT2D eigenvalue weighted by atomic mass is 16.5. The summed E-state index contributed by atoms with van der Waals surface area (Å²) >= 11 is 0. The highest BCUT2D eigenvalue weighted by molar-refractivity contribution is 5.69. The summed E-state index contributed by atoms with van der Waals surface area (Å²) < 4.78 is 6.54. The van der Waals surface area contributed by atoms with Crippen molar-refractivity contribution in [1.29, 1.82) is 0 Å². The van der Waals surface area contributed by atoms with Gasteiger partial charge in [-0.25, -0.2) is 14.3 Å². The lowest BCUT2D eigenvalue weighted by Gasteiger charge is -2.20. The Balaban J connectivity index is 1.66. The maximum Gasteiger partial charge on any atom is 0.419 e. The SMILES string of the molecule is O=C(OCCC1CCCCC1)n1ccnc1. The maximum atomic E-state index is 11.4. The molecule has 0 unspecified atom stereocenters. The molecule has 0 atom stereocenters. The number of aromatic nitrogens is 2. The van der Waals surface area contributed by atoms with E-state index in [0.717, 1.165) is 12.3 Å². The molecule has 0 amide bonds. The Morgan fingerprint density at radius 3 is 2.88 bits per heavy atom. The Morgan fingerprint density at radius 1 is 1.38 bits per heavy atom. The van der Waals surface area contributed by atoms with Gasteiger partial charge in [0, 0.05) is 12.4 Å². The topological polar surface area (TPSA) is 44.1 Å². The number of ether oxygens (including phenoxy) is 1. The van der Waals surface area contributed by atoms with E-state index in [1.165, 1.54) is 43.0 Å². The molecule has 1 aromatic rings. The zero-order valence-electron chi connectivity index (χ0n) is 9.47. The van der Waals surface area contributed by atoms with E-state index in [9.17, 15) is 4.79 Å². The van der Waals surface area contributed by atoms with E-state index in [1.54, 1.807) is 12.4 Å². The van der Waals surface area contributed by atoms with Gasteiger partial charge in [0.2, 0.25) is 0 Å². The summed E-state index contributed by atoms with van der Waals surface area (Å²) in [6.07, 6.45) is 11.9. The molecule has 0 radical (unpaired) electrons. The first-order chi connectivity index (χ1) is 7.86. The van der Waals surface area contributed by atoms with E-state index in [4.69, 9.17) is 4.74 Å². The van der Waals surface area contributed by atoms with Gasteiger partial charge in [0.05, 0.1) is 6.61 Å². The van der Waals surface area contributed by atoms with Crippen molar-refractivity contribution >= 4 is 6.09 Å². The minimum Gasteiger partial charge on any atom is -0.449 e. The summed E-state index contributed by atoms with van der Waals surface area (Å²) in [4.78, 5) is 15.3. The molecule has 1 heterocycles. The van der Waals surface area contributed by atoms with Crippen LogP contribution in [0.1, 0.15) is 38.5 Å². The van der Waals surface area contributed by atoms with Crippen LogP contribution in [0.15, 0.2) is 18.7 Å². The molecular weight excluding hydrogens is 204 g/mol. The van der Waals surface area contributed by atoms with E-state index in [-0.39, 0.29) is 6.09 Å². The first kappa shape index (κ1) is 11.2. The Morgan fingerprint density at radius 2 is 2.19 bits per heavy atom. The molecule has 0 bridgehead atoms. The zero-order chi connectivity index (χ0) is 11.2. The number of rotatable bonds is 3. The van der Waals surface area contributed by atoms with Crippen molar-refractivity contribution in [2.75, 3.05) is 6.61 Å². The third-order valence-corrected chi connectivity index (χ3v) is 3.19. The molecular formula is C12H18N2O2. The summed E-state index contributed by atoms with van der Waals surface area (Å²) in [5.41, 5.74) is 0. The normalized spacial score (nSPS) is 17.2. The van der Waals surface area contributed by atoms with Crippen molar-refractivity contribution in [3.8, 4) is 0 Å². The van der Waals surface area contributed by atoms with Gasteiger partial charge in [-0.2, -0.15) is 0 Å². The summed E-state index contributed by atoms with van der Waals surface area (Å²) in [5, 5.41) is 0. The van der Waals surface area contributed by atoms with Crippen molar-refractivity contribution < 1.29 is 9.53 Å². The second-order valence-corrected chi connectivity index (χ2v) is 4.38. The summed E-state index contributed by atoms with van der Waals surface area (Å²) in [6, 6.07) is 0. The molecule has 0 aliphatic heterocycles. The summed E-state index contributed by atoms with van der Waals surface area (Å²) in [6.45, 7) is 0.529. The standard InChI is InChI=1S/C12H18N2O2/c15-12(14-8-7-13-10-14)16-9-6-11-4-2-1-3-5-11/h7-8,10-11H,1-6,9H2. The average Bonchev–Trinajstić information content (AvgIpc) is 2.84. The van der Waals surface area contributed by atoms with Crippen LogP contribution in [0.4, 0.5) is 4.79 Å². The minimum atomic E-state index is -0.326. The first-order valence-electron chi connectivity index (χ1n) is 6.01. The average molecular weight is 222 g/mol. The van der Waals surface area contributed by atoms with Crippen molar-refractivity contribution in [3.05, 3.63) is 18.7 Å². The van der Waals surface area contributed by atoms with Crippen LogP contribution >= 0.6 is 0 Å². The van der Waals surface area contributed by atoms with Crippen LogP contribution in [0.5, 0.6) is 0 Å². The van der Waals surface area contributed by atoms with Crippen molar-refractivity contribution in [3.63, 3.8) is 0 Å². The van der Waals surface area contributed by atoms with E-state index in [1.807, 2.05) is 0 Å². The first-order valence-corrected chi connectivity index (χ1v) is 6.01.